The molecule has 2 amide bonds. The number of piperazine rings is 1. The topological polar surface area (TPSA) is 61.9 Å². The molecule has 6 heteroatoms. The molecule has 1 atom stereocenters. The summed E-state index contributed by atoms with van der Waals surface area (Å²) in [5.41, 5.74) is 0.683. The van der Waals surface area contributed by atoms with Gasteiger partial charge in [-0.1, -0.05) is 26.7 Å². The molecule has 30 heavy (non-hydrogen) atoms. The number of hydrogen-bond donors (Lipinski definition) is 1. The Labute approximate surface area is 180 Å². The van der Waals surface area contributed by atoms with Crippen molar-refractivity contribution in [3.63, 3.8) is 0 Å². The Kier molecular flexibility index (Phi) is 8.14. The monoisotopic (exact) mass is 415 g/mol. The summed E-state index contributed by atoms with van der Waals surface area (Å²) < 4.78 is 5.18. The van der Waals surface area contributed by atoms with E-state index in [0.29, 0.717) is 30.5 Å². The Morgan fingerprint density at radius 1 is 1.07 bits per heavy atom. The van der Waals surface area contributed by atoms with Crippen LogP contribution in [-0.2, 0) is 4.79 Å². The number of rotatable bonds is 8. The van der Waals surface area contributed by atoms with Gasteiger partial charge in [-0.25, -0.2) is 0 Å². The Hall–Kier alpha value is -2.08. The molecule has 166 valence electrons. The average molecular weight is 416 g/mol. The third-order valence-electron chi connectivity index (χ3n) is 6.47. The van der Waals surface area contributed by atoms with Crippen molar-refractivity contribution in [2.24, 2.45) is 11.8 Å². The Balaban J connectivity index is 1.59. The maximum atomic E-state index is 13.1. The quantitative estimate of drug-likeness (QED) is 0.708. The predicted molar refractivity (Wildman–Crippen MR) is 119 cm³/mol. The summed E-state index contributed by atoms with van der Waals surface area (Å²) in [6.45, 7) is 7.93. The van der Waals surface area contributed by atoms with Crippen molar-refractivity contribution in [2.45, 2.75) is 52.0 Å². The maximum absolute atomic E-state index is 13.1. The van der Waals surface area contributed by atoms with E-state index in [9.17, 15) is 9.59 Å². The van der Waals surface area contributed by atoms with Gasteiger partial charge in [-0.05, 0) is 55.4 Å². The van der Waals surface area contributed by atoms with Crippen LogP contribution in [-0.4, -0.2) is 67.5 Å². The molecule has 1 aromatic rings. The van der Waals surface area contributed by atoms with Gasteiger partial charge < -0.3 is 15.0 Å². The predicted octanol–water partition coefficient (Wildman–Crippen LogP) is 3.17. The SMILES string of the molecule is COc1ccc(C(=O)N2CCN(C(C(=O)NCCC(C)C)C3CCCC3)CC2)cc1. The van der Waals surface area contributed by atoms with Crippen LogP contribution in [0, 0.1) is 11.8 Å². The highest BCUT2D eigenvalue weighted by Crippen LogP contribution is 2.31. The fourth-order valence-electron chi connectivity index (χ4n) is 4.66. The number of nitrogens with one attached hydrogen (secondary N) is 1. The summed E-state index contributed by atoms with van der Waals surface area (Å²) in [7, 11) is 1.62. The number of nitrogens with zero attached hydrogens (tertiary/aromatic N) is 2. The summed E-state index contributed by atoms with van der Waals surface area (Å²) in [6, 6.07) is 7.22. The van der Waals surface area contributed by atoms with Gasteiger partial charge in [-0.15, -0.1) is 0 Å². The molecular weight excluding hydrogens is 378 g/mol. The van der Waals surface area contributed by atoms with Crippen molar-refractivity contribution in [3.8, 4) is 5.75 Å². The zero-order valence-electron chi connectivity index (χ0n) is 18.7. The molecule has 6 nitrogen and oxygen atoms in total. The van der Waals surface area contributed by atoms with Gasteiger partial charge in [0.05, 0.1) is 13.2 Å². The fourth-order valence-corrected chi connectivity index (χ4v) is 4.66. The lowest BCUT2D eigenvalue weighted by Gasteiger charge is -2.40. The number of amides is 2. The molecule has 1 unspecified atom stereocenters. The molecule has 2 aliphatic rings. The van der Waals surface area contributed by atoms with Crippen molar-refractivity contribution in [2.75, 3.05) is 39.8 Å². The number of methoxy groups -OCH3 is 1. The van der Waals surface area contributed by atoms with Gasteiger partial charge in [0.2, 0.25) is 5.91 Å². The van der Waals surface area contributed by atoms with Crippen molar-refractivity contribution >= 4 is 11.8 Å². The molecule has 2 fully saturated rings. The van der Waals surface area contributed by atoms with E-state index in [4.69, 9.17) is 4.74 Å². The third-order valence-corrected chi connectivity index (χ3v) is 6.47. The molecule has 0 radical (unpaired) electrons. The lowest BCUT2D eigenvalue weighted by molar-refractivity contribution is -0.129. The number of benzene rings is 1. The Bertz CT molecular complexity index is 690. The smallest absolute Gasteiger partial charge is 0.253 e. The first-order valence-electron chi connectivity index (χ1n) is 11.4. The van der Waals surface area contributed by atoms with E-state index in [-0.39, 0.29) is 17.9 Å². The number of ether oxygens (including phenoxy) is 1. The second kappa shape index (κ2) is 10.8. The van der Waals surface area contributed by atoms with Crippen LogP contribution in [0.5, 0.6) is 5.75 Å². The molecule has 1 heterocycles. The van der Waals surface area contributed by atoms with E-state index in [1.54, 1.807) is 7.11 Å². The van der Waals surface area contributed by atoms with Gasteiger partial charge in [0.1, 0.15) is 5.75 Å². The van der Waals surface area contributed by atoms with Crippen LogP contribution >= 0.6 is 0 Å². The molecule has 1 N–H and O–H groups in total. The molecule has 1 aliphatic heterocycles. The first kappa shape index (κ1) is 22.6. The van der Waals surface area contributed by atoms with Crippen molar-refractivity contribution < 1.29 is 14.3 Å². The number of carbonyl (C=O) groups excluding carboxylic acids is 2. The van der Waals surface area contributed by atoms with E-state index in [2.05, 4.69) is 24.1 Å². The number of carbonyl (C=O) groups is 2. The zero-order valence-corrected chi connectivity index (χ0v) is 18.7. The first-order chi connectivity index (χ1) is 14.5. The summed E-state index contributed by atoms with van der Waals surface area (Å²) >= 11 is 0. The van der Waals surface area contributed by atoms with Gasteiger partial charge in [-0.2, -0.15) is 0 Å². The van der Waals surface area contributed by atoms with Crippen LogP contribution in [0.3, 0.4) is 0 Å². The standard InChI is InChI=1S/C24H37N3O3/c1-18(2)12-13-25-23(28)22(19-6-4-5-7-19)26-14-16-27(17-15-26)24(29)20-8-10-21(30-3)11-9-20/h8-11,18-19,22H,4-7,12-17H2,1-3H3,(H,25,28). The molecule has 0 bridgehead atoms. The van der Waals surface area contributed by atoms with E-state index >= 15 is 0 Å². The van der Waals surface area contributed by atoms with Gasteiger partial charge in [-0.3, -0.25) is 14.5 Å². The van der Waals surface area contributed by atoms with Gasteiger partial charge in [0.25, 0.3) is 5.91 Å². The van der Waals surface area contributed by atoms with E-state index in [1.165, 1.54) is 12.8 Å². The highest BCUT2D eigenvalue weighted by atomic mass is 16.5. The van der Waals surface area contributed by atoms with E-state index < -0.39 is 0 Å². The molecule has 3 rings (SSSR count). The summed E-state index contributed by atoms with van der Waals surface area (Å²) in [4.78, 5) is 30.1. The summed E-state index contributed by atoms with van der Waals surface area (Å²) in [5, 5.41) is 3.19. The highest BCUT2D eigenvalue weighted by Gasteiger charge is 2.37. The minimum absolute atomic E-state index is 0.0519. The molecule has 1 saturated heterocycles. The molecule has 1 saturated carbocycles. The largest absolute Gasteiger partial charge is 0.497 e. The molecule has 0 aromatic heterocycles. The minimum atomic E-state index is -0.0575. The average Bonchev–Trinajstić information content (AvgIpc) is 3.28. The van der Waals surface area contributed by atoms with Gasteiger partial charge in [0.15, 0.2) is 0 Å². The molecular formula is C24H37N3O3. The first-order valence-corrected chi connectivity index (χ1v) is 11.4. The van der Waals surface area contributed by atoms with Crippen LogP contribution < -0.4 is 10.1 Å². The third kappa shape index (κ3) is 5.75. The minimum Gasteiger partial charge on any atom is -0.497 e. The Morgan fingerprint density at radius 2 is 1.70 bits per heavy atom. The Morgan fingerprint density at radius 3 is 2.27 bits per heavy atom. The van der Waals surface area contributed by atoms with Crippen molar-refractivity contribution in [1.82, 2.24) is 15.1 Å². The highest BCUT2D eigenvalue weighted by molar-refractivity contribution is 5.94. The lowest BCUT2D eigenvalue weighted by Crippen LogP contribution is -2.58. The zero-order chi connectivity index (χ0) is 21.5. The second-order valence-corrected chi connectivity index (χ2v) is 9.02. The molecule has 1 aliphatic carbocycles. The lowest BCUT2D eigenvalue weighted by atomic mass is 9.94. The van der Waals surface area contributed by atoms with Gasteiger partial charge >= 0.3 is 0 Å². The summed E-state index contributed by atoms with van der Waals surface area (Å²) in [5.74, 6) is 2.00. The van der Waals surface area contributed by atoms with Crippen LogP contribution in [0.1, 0.15) is 56.3 Å². The number of hydrogen-bond acceptors (Lipinski definition) is 4. The van der Waals surface area contributed by atoms with Crippen molar-refractivity contribution in [1.29, 1.82) is 0 Å². The van der Waals surface area contributed by atoms with E-state index in [0.717, 1.165) is 44.6 Å². The van der Waals surface area contributed by atoms with Crippen LogP contribution in [0.25, 0.3) is 0 Å². The van der Waals surface area contributed by atoms with E-state index in [1.807, 2.05) is 29.2 Å². The normalized spacial score (nSPS) is 19.1. The van der Waals surface area contributed by atoms with Gasteiger partial charge in [0, 0.05) is 38.3 Å². The van der Waals surface area contributed by atoms with Crippen LogP contribution in [0.15, 0.2) is 24.3 Å². The molecule has 1 aromatic carbocycles. The van der Waals surface area contributed by atoms with Crippen LogP contribution in [0.2, 0.25) is 0 Å². The van der Waals surface area contributed by atoms with Crippen LogP contribution in [0.4, 0.5) is 0 Å². The van der Waals surface area contributed by atoms with Crippen molar-refractivity contribution in [3.05, 3.63) is 29.8 Å². The molecule has 0 spiro atoms. The second-order valence-electron chi connectivity index (χ2n) is 9.02. The maximum Gasteiger partial charge on any atom is 0.253 e. The fraction of sp³-hybridized carbons (Fsp3) is 0.667. The summed E-state index contributed by atoms with van der Waals surface area (Å²) in [6.07, 6.45) is 5.71.